The highest BCUT2D eigenvalue weighted by Crippen LogP contribution is 2.25. The summed E-state index contributed by atoms with van der Waals surface area (Å²) in [6.07, 6.45) is 2.74. The molecule has 5 heteroatoms. The van der Waals surface area contributed by atoms with Gasteiger partial charge in [-0.3, -0.25) is 4.90 Å². The van der Waals surface area contributed by atoms with Crippen LogP contribution in [-0.4, -0.2) is 55.4 Å². The SMILES string of the molecule is CC(C)c1ccc(OCCN2CCOCC2)c(/C=C/C(=O)O)c1. The second kappa shape index (κ2) is 8.70. The van der Waals surface area contributed by atoms with Crippen molar-refractivity contribution in [2.24, 2.45) is 0 Å². The van der Waals surface area contributed by atoms with Crippen LogP contribution in [0.3, 0.4) is 0 Å². The number of benzene rings is 1. The molecule has 1 heterocycles. The van der Waals surface area contributed by atoms with E-state index in [1.54, 1.807) is 6.08 Å². The number of aliphatic carboxylic acids is 1. The van der Waals surface area contributed by atoms with Gasteiger partial charge >= 0.3 is 5.97 Å². The zero-order valence-corrected chi connectivity index (χ0v) is 13.8. The minimum absolute atomic E-state index is 0.384. The van der Waals surface area contributed by atoms with Crippen LogP contribution in [0.2, 0.25) is 0 Å². The fourth-order valence-corrected chi connectivity index (χ4v) is 2.46. The predicted molar refractivity (Wildman–Crippen MR) is 90.0 cm³/mol. The van der Waals surface area contributed by atoms with Crippen LogP contribution in [0.1, 0.15) is 30.9 Å². The standard InChI is InChI=1S/C18H25NO4/c1-14(2)15-3-5-17(16(13-15)4-6-18(20)21)23-12-9-19-7-10-22-11-8-19/h3-6,13-14H,7-12H2,1-2H3,(H,20,21)/b6-4+. The zero-order valence-electron chi connectivity index (χ0n) is 13.8. The predicted octanol–water partition coefficient (Wildman–Crippen LogP) is 2.62. The van der Waals surface area contributed by atoms with E-state index in [1.165, 1.54) is 0 Å². The Morgan fingerprint density at radius 2 is 2.13 bits per heavy atom. The van der Waals surface area contributed by atoms with Crippen LogP contribution in [0.15, 0.2) is 24.3 Å². The van der Waals surface area contributed by atoms with Gasteiger partial charge in [0, 0.05) is 31.3 Å². The number of morpholine rings is 1. The van der Waals surface area contributed by atoms with E-state index in [9.17, 15) is 4.79 Å². The third-order valence-corrected chi connectivity index (χ3v) is 3.87. The van der Waals surface area contributed by atoms with Gasteiger partial charge in [0.2, 0.25) is 0 Å². The van der Waals surface area contributed by atoms with Crippen LogP contribution >= 0.6 is 0 Å². The van der Waals surface area contributed by atoms with Gasteiger partial charge < -0.3 is 14.6 Å². The summed E-state index contributed by atoms with van der Waals surface area (Å²) in [4.78, 5) is 13.1. The van der Waals surface area contributed by atoms with Gasteiger partial charge in [0.25, 0.3) is 0 Å². The molecule has 0 unspecified atom stereocenters. The molecule has 2 rings (SSSR count). The second-order valence-corrected chi connectivity index (χ2v) is 5.93. The quantitative estimate of drug-likeness (QED) is 0.783. The van der Waals surface area contributed by atoms with Gasteiger partial charge in [-0.1, -0.05) is 19.9 Å². The Morgan fingerprint density at radius 3 is 2.78 bits per heavy atom. The number of carbonyl (C=O) groups is 1. The number of carboxylic acids is 1. The fourth-order valence-electron chi connectivity index (χ4n) is 2.46. The fraction of sp³-hybridized carbons (Fsp3) is 0.500. The van der Waals surface area contributed by atoms with Crippen molar-refractivity contribution in [1.82, 2.24) is 4.90 Å². The first kappa shape index (κ1) is 17.5. The van der Waals surface area contributed by atoms with Crippen LogP contribution < -0.4 is 4.74 Å². The van der Waals surface area contributed by atoms with Crippen molar-refractivity contribution in [2.75, 3.05) is 39.5 Å². The van der Waals surface area contributed by atoms with Crippen molar-refractivity contribution in [3.63, 3.8) is 0 Å². The summed E-state index contributed by atoms with van der Waals surface area (Å²) in [7, 11) is 0. The largest absolute Gasteiger partial charge is 0.492 e. The maximum absolute atomic E-state index is 10.8. The lowest BCUT2D eigenvalue weighted by Crippen LogP contribution is -2.38. The lowest BCUT2D eigenvalue weighted by molar-refractivity contribution is -0.131. The molecule has 1 aliphatic heterocycles. The summed E-state index contributed by atoms with van der Waals surface area (Å²) >= 11 is 0. The molecule has 0 radical (unpaired) electrons. The molecular formula is C18H25NO4. The van der Waals surface area contributed by atoms with Crippen molar-refractivity contribution >= 4 is 12.0 Å². The number of rotatable bonds is 7. The average Bonchev–Trinajstić information content (AvgIpc) is 2.54. The van der Waals surface area contributed by atoms with Crippen molar-refractivity contribution in [3.05, 3.63) is 35.4 Å². The van der Waals surface area contributed by atoms with E-state index in [0.29, 0.717) is 12.5 Å². The molecule has 126 valence electrons. The monoisotopic (exact) mass is 319 g/mol. The van der Waals surface area contributed by atoms with E-state index in [2.05, 4.69) is 18.7 Å². The molecule has 1 aromatic rings. The summed E-state index contributed by atoms with van der Waals surface area (Å²) in [5, 5.41) is 8.84. The number of hydrogen-bond donors (Lipinski definition) is 1. The molecule has 0 saturated carbocycles. The van der Waals surface area contributed by atoms with E-state index in [4.69, 9.17) is 14.6 Å². The normalized spacial score (nSPS) is 16.1. The molecule has 1 aromatic carbocycles. The van der Waals surface area contributed by atoms with Crippen LogP contribution in [0.5, 0.6) is 5.75 Å². The third-order valence-electron chi connectivity index (χ3n) is 3.87. The minimum Gasteiger partial charge on any atom is -0.492 e. The highest BCUT2D eigenvalue weighted by atomic mass is 16.5. The molecule has 0 aromatic heterocycles. The summed E-state index contributed by atoms with van der Waals surface area (Å²) in [5.74, 6) is 0.147. The topological polar surface area (TPSA) is 59.0 Å². The first-order valence-electron chi connectivity index (χ1n) is 8.04. The molecule has 23 heavy (non-hydrogen) atoms. The average molecular weight is 319 g/mol. The van der Waals surface area contributed by atoms with E-state index < -0.39 is 5.97 Å². The third kappa shape index (κ3) is 5.69. The minimum atomic E-state index is -0.959. The highest BCUT2D eigenvalue weighted by Gasteiger charge is 2.11. The van der Waals surface area contributed by atoms with Gasteiger partial charge in [-0.15, -0.1) is 0 Å². The van der Waals surface area contributed by atoms with E-state index in [-0.39, 0.29) is 0 Å². The lowest BCUT2D eigenvalue weighted by Gasteiger charge is -2.26. The van der Waals surface area contributed by atoms with E-state index in [1.807, 2.05) is 18.2 Å². The molecule has 1 N–H and O–H groups in total. The van der Waals surface area contributed by atoms with Gasteiger partial charge in [0.05, 0.1) is 13.2 Å². The Morgan fingerprint density at radius 1 is 1.39 bits per heavy atom. The molecule has 1 fully saturated rings. The van der Waals surface area contributed by atoms with Gasteiger partial charge in [-0.05, 0) is 29.7 Å². The maximum atomic E-state index is 10.8. The van der Waals surface area contributed by atoms with Crippen molar-refractivity contribution in [2.45, 2.75) is 19.8 Å². The van der Waals surface area contributed by atoms with Crippen LogP contribution in [0.25, 0.3) is 6.08 Å². The molecule has 0 spiro atoms. The van der Waals surface area contributed by atoms with Crippen LogP contribution in [0, 0.1) is 0 Å². The second-order valence-electron chi connectivity index (χ2n) is 5.93. The molecular weight excluding hydrogens is 294 g/mol. The van der Waals surface area contributed by atoms with Gasteiger partial charge in [0.15, 0.2) is 0 Å². The molecule has 5 nitrogen and oxygen atoms in total. The Hall–Kier alpha value is -1.85. The van der Waals surface area contributed by atoms with Gasteiger partial charge in [0.1, 0.15) is 12.4 Å². The summed E-state index contributed by atoms with van der Waals surface area (Å²) in [6, 6.07) is 5.96. The molecule has 0 amide bonds. The Labute approximate surface area is 137 Å². The lowest BCUT2D eigenvalue weighted by atomic mass is 10.00. The van der Waals surface area contributed by atoms with E-state index in [0.717, 1.165) is 55.8 Å². The van der Waals surface area contributed by atoms with Crippen molar-refractivity contribution in [1.29, 1.82) is 0 Å². The van der Waals surface area contributed by atoms with E-state index >= 15 is 0 Å². The zero-order chi connectivity index (χ0) is 16.7. The molecule has 0 bridgehead atoms. The summed E-state index contributed by atoms with van der Waals surface area (Å²) in [6.45, 7) is 9.05. The Bertz CT molecular complexity index is 548. The maximum Gasteiger partial charge on any atom is 0.328 e. The van der Waals surface area contributed by atoms with Crippen molar-refractivity contribution in [3.8, 4) is 5.75 Å². The number of nitrogens with zero attached hydrogens (tertiary/aromatic N) is 1. The molecule has 1 saturated heterocycles. The van der Waals surface area contributed by atoms with Crippen LogP contribution in [0.4, 0.5) is 0 Å². The summed E-state index contributed by atoms with van der Waals surface area (Å²) in [5.41, 5.74) is 1.97. The number of carboxylic acid groups (broad SMARTS) is 1. The number of hydrogen-bond acceptors (Lipinski definition) is 4. The Balaban J connectivity index is 2.02. The Kier molecular flexibility index (Phi) is 6.62. The molecule has 0 atom stereocenters. The molecule has 1 aliphatic rings. The summed E-state index contributed by atoms with van der Waals surface area (Å²) < 4.78 is 11.2. The van der Waals surface area contributed by atoms with Crippen molar-refractivity contribution < 1.29 is 19.4 Å². The number of ether oxygens (including phenoxy) is 2. The van der Waals surface area contributed by atoms with Crippen LogP contribution in [-0.2, 0) is 9.53 Å². The first-order chi connectivity index (χ1) is 11.1. The smallest absolute Gasteiger partial charge is 0.328 e. The first-order valence-corrected chi connectivity index (χ1v) is 8.04. The highest BCUT2D eigenvalue weighted by molar-refractivity contribution is 5.86. The molecule has 0 aliphatic carbocycles. The van der Waals surface area contributed by atoms with Gasteiger partial charge in [-0.25, -0.2) is 4.79 Å². The van der Waals surface area contributed by atoms with Gasteiger partial charge in [-0.2, -0.15) is 0 Å².